The first-order valence-electron chi connectivity index (χ1n) is 7.74. The fraction of sp³-hybridized carbons (Fsp3) is 0.846. The normalized spacial score (nSPS) is 16.2. The molecule has 0 spiro atoms. The Balaban J connectivity index is -0.0000000111. The molecule has 0 amide bonds. The molecule has 1 aliphatic heterocycles. The van der Waals surface area contributed by atoms with Crippen LogP contribution in [-0.2, 0) is 131 Å². The number of likely N-dealkylation sites (tertiary alicyclic amines) is 1. The van der Waals surface area contributed by atoms with Crippen molar-refractivity contribution in [3.8, 4) is 0 Å². The minimum absolute atomic E-state index is 0. The topological polar surface area (TPSA) is 60.7 Å². The van der Waals surface area contributed by atoms with Gasteiger partial charge in [0, 0.05) is 137 Å². The van der Waals surface area contributed by atoms with Crippen molar-refractivity contribution in [2.45, 2.75) is 125 Å². The van der Waals surface area contributed by atoms with Crippen LogP contribution in [0.15, 0.2) is 12.2 Å². The van der Waals surface area contributed by atoms with Gasteiger partial charge in [0.15, 0.2) is 6.10 Å². The van der Waals surface area contributed by atoms with E-state index in [9.17, 15) is 5.11 Å². The van der Waals surface area contributed by atoms with Crippen LogP contribution in [0.25, 0.3) is 0 Å². The summed E-state index contributed by atoms with van der Waals surface area (Å²) < 4.78 is 0.830. The van der Waals surface area contributed by atoms with E-state index >= 15 is 0 Å². The van der Waals surface area contributed by atoms with E-state index in [0.29, 0.717) is 6.42 Å². The maximum atomic E-state index is 9.35. The summed E-state index contributed by atoms with van der Waals surface area (Å²) in [5, 5.41) is 27.0. The van der Waals surface area contributed by atoms with Crippen LogP contribution in [0.2, 0.25) is 0 Å². The van der Waals surface area contributed by atoms with Gasteiger partial charge < -0.3 is 26.7 Å². The monoisotopic (exact) mass is 802 g/mol. The molecule has 1 aliphatic rings. The Morgan fingerprint density at radius 2 is 1.06 bits per heavy atom. The quantitative estimate of drug-likeness (QED) is 0.198. The number of hydrogen-bond acceptors (Lipinski definition) is 3. The summed E-state index contributed by atoms with van der Waals surface area (Å²) in [6.45, 7) is 18.6. The van der Waals surface area contributed by atoms with Crippen LogP contribution in [-0.4, -0.2) is 64.8 Å². The van der Waals surface area contributed by atoms with Gasteiger partial charge in [-0.25, -0.2) is 19.1 Å². The maximum absolute atomic E-state index is 9.35. The second kappa shape index (κ2) is 61.1. The molecule has 8 heteroatoms. The number of rotatable bonds is 5. The van der Waals surface area contributed by atoms with Crippen molar-refractivity contribution in [3.63, 3.8) is 0 Å². The van der Waals surface area contributed by atoms with E-state index in [0.717, 1.165) is 42.5 Å². The van der Waals surface area contributed by atoms with Crippen molar-refractivity contribution in [2.75, 3.05) is 26.7 Å². The van der Waals surface area contributed by atoms with Crippen molar-refractivity contribution in [1.82, 2.24) is 0 Å². The molecule has 0 aromatic heterocycles. The number of hydrogen-bond donors (Lipinski definition) is 3. The van der Waals surface area contributed by atoms with Crippen molar-refractivity contribution in [2.24, 2.45) is 0 Å². The van der Waals surface area contributed by atoms with Gasteiger partial charge in [0.25, 0.3) is 0 Å². The van der Waals surface area contributed by atoms with Crippen LogP contribution in [0.3, 0.4) is 0 Å². The molecular weight excluding hydrogens is 730 g/mol. The van der Waals surface area contributed by atoms with Crippen LogP contribution in [0.4, 0.5) is 0 Å². The average molecular weight is 802 g/mol. The SMILES string of the molecule is C.C.C.C.C.C.C.C.C.C=C([CH2-])C.CCC(O)C[N+]1(C)CC(O)C1.[CH2-]CC(O)CC.[Y].[Y].[Y].[Y]. The first-order valence-corrected chi connectivity index (χ1v) is 7.74. The standard InChI is InChI=1S/C8H18NO2.C5H11O.C4H7.9CH4.4Y/c1-3-7(10)4-9(2)5-8(11)6-9;1-3-5(6)4-2;1-4(2)3;;;;;;;;;;;;;/h7-8,10-11H,3-6H2,1-2H3;5-6H,1,3-4H2,2H3;1-2H2,3H3;9*1H4;;;;/q+1;2*-1;;;;;;;;;;;;;. The summed E-state index contributed by atoms with van der Waals surface area (Å²) in [6, 6.07) is 0. The van der Waals surface area contributed by atoms with Gasteiger partial charge in [0.1, 0.15) is 25.7 Å². The van der Waals surface area contributed by atoms with Gasteiger partial charge in [-0.1, -0.05) is 87.6 Å². The largest absolute Gasteiger partial charge is 0.396 e. The zero-order chi connectivity index (χ0) is 17.1. The summed E-state index contributed by atoms with van der Waals surface area (Å²) in [7, 11) is 2.08. The molecule has 0 bridgehead atoms. The van der Waals surface area contributed by atoms with Gasteiger partial charge in [0.2, 0.25) is 0 Å². The van der Waals surface area contributed by atoms with Crippen LogP contribution in [0, 0.1) is 13.8 Å². The summed E-state index contributed by atoms with van der Waals surface area (Å²) in [4.78, 5) is 0. The summed E-state index contributed by atoms with van der Waals surface area (Å²) in [5.41, 5.74) is 0.917. The number of allylic oxidation sites excluding steroid dienone is 1. The number of quaternary nitrogens is 1. The van der Waals surface area contributed by atoms with Crippen molar-refractivity contribution >= 4 is 0 Å². The van der Waals surface area contributed by atoms with Gasteiger partial charge in [-0.05, 0) is 12.8 Å². The van der Waals surface area contributed by atoms with Crippen molar-refractivity contribution in [3.05, 3.63) is 26.0 Å². The molecule has 0 aliphatic carbocycles. The fourth-order valence-electron chi connectivity index (χ4n) is 1.96. The molecule has 2 atom stereocenters. The van der Waals surface area contributed by atoms with E-state index in [-0.39, 0.29) is 216 Å². The van der Waals surface area contributed by atoms with E-state index in [4.69, 9.17) is 10.2 Å². The molecular formula is C26H72NO3Y4-. The van der Waals surface area contributed by atoms with E-state index < -0.39 is 0 Å². The van der Waals surface area contributed by atoms with E-state index in [1.165, 1.54) is 0 Å². The third-order valence-corrected chi connectivity index (χ3v) is 3.23. The van der Waals surface area contributed by atoms with E-state index in [1.54, 1.807) is 0 Å². The summed E-state index contributed by atoms with van der Waals surface area (Å²) in [6.07, 6.45) is 1.76. The Morgan fingerprint density at radius 3 is 1.18 bits per heavy atom. The molecule has 3 N–H and O–H groups in total. The molecule has 0 aromatic rings. The zero-order valence-electron chi connectivity index (χ0n) is 16.7. The first kappa shape index (κ1) is 98.4. The van der Waals surface area contributed by atoms with Gasteiger partial charge in [-0.2, -0.15) is 6.42 Å². The van der Waals surface area contributed by atoms with Crippen LogP contribution in [0.1, 0.15) is 107 Å². The number of likely N-dealkylation sites (N-methyl/N-ethyl adjacent to an activating group) is 1. The molecule has 1 saturated heterocycles. The van der Waals surface area contributed by atoms with Crippen LogP contribution >= 0.6 is 0 Å². The first-order chi connectivity index (χ1) is 9.60. The van der Waals surface area contributed by atoms with Gasteiger partial charge >= 0.3 is 0 Å². The number of aliphatic hydroxyl groups excluding tert-OH is 3. The molecule has 4 radical (unpaired) electrons. The zero-order valence-corrected chi connectivity index (χ0v) is 28.0. The van der Waals surface area contributed by atoms with Crippen molar-refractivity contribution in [1.29, 1.82) is 0 Å². The Bertz CT molecular complexity index is 275. The number of nitrogens with zero attached hydrogens (tertiary/aromatic N) is 1. The van der Waals surface area contributed by atoms with Gasteiger partial charge in [-0.3, -0.25) is 0 Å². The molecule has 0 aromatic carbocycles. The summed E-state index contributed by atoms with van der Waals surface area (Å²) in [5.74, 6) is 0. The van der Waals surface area contributed by atoms with Crippen molar-refractivity contribution < 1.29 is 151 Å². The molecule has 34 heavy (non-hydrogen) atoms. The Kier molecular flexibility index (Phi) is 177. The molecule has 1 fully saturated rings. The van der Waals surface area contributed by atoms with Gasteiger partial charge in [0.05, 0.1) is 7.05 Å². The predicted molar refractivity (Wildman–Crippen MR) is 150 cm³/mol. The second-order valence-corrected chi connectivity index (χ2v) is 6.19. The van der Waals surface area contributed by atoms with Crippen LogP contribution < -0.4 is 0 Å². The van der Waals surface area contributed by atoms with Gasteiger partial charge in [-0.15, -0.1) is 0 Å². The molecule has 4 nitrogen and oxygen atoms in total. The smallest absolute Gasteiger partial charge is 0.152 e. The minimum Gasteiger partial charge on any atom is -0.396 e. The van der Waals surface area contributed by atoms with Crippen LogP contribution in [0.5, 0.6) is 0 Å². The fourth-order valence-corrected chi connectivity index (χ4v) is 1.96. The van der Waals surface area contributed by atoms with E-state index in [1.807, 2.05) is 20.8 Å². The Labute approximate surface area is 323 Å². The average Bonchev–Trinajstić information content (AvgIpc) is 2.35. The Morgan fingerprint density at radius 1 is 0.824 bits per heavy atom. The van der Waals surface area contributed by atoms with E-state index in [2.05, 4.69) is 27.5 Å². The third kappa shape index (κ3) is 70.5. The minimum atomic E-state index is -0.201. The molecule has 1 rings (SSSR count). The maximum Gasteiger partial charge on any atom is 0.152 e. The third-order valence-electron chi connectivity index (χ3n) is 3.23. The molecule has 212 valence electrons. The predicted octanol–water partition coefficient (Wildman–Crippen LogP) is 7.67. The molecule has 1 heterocycles. The Hall–Kier alpha value is 3.87. The molecule has 0 saturated carbocycles. The number of aliphatic hydroxyl groups is 3. The summed E-state index contributed by atoms with van der Waals surface area (Å²) >= 11 is 0. The molecule has 2 unspecified atom stereocenters. The second-order valence-electron chi connectivity index (χ2n) is 6.19.